The number of aromatic nitrogens is 3. The summed E-state index contributed by atoms with van der Waals surface area (Å²) in [5.41, 5.74) is 0.415. The van der Waals surface area contributed by atoms with E-state index < -0.39 is 0 Å². The lowest BCUT2D eigenvalue weighted by Gasteiger charge is -2.12. The minimum atomic E-state index is -0.164. The summed E-state index contributed by atoms with van der Waals surface area (Å²) in [5.74, 6) is 1.40. The molecule has 2 aromatic heterocycles. The zero-order valence-corrected chi connectivity index (χ0v) is 13.4. The van der Waals surface area contributed by atoms with E-state index in [4.69, 9.17) is 4.52 Å². The van der Waals surface area contributed by atoms with Crippen molar-refractivity contribution in [1.29, 1.82) is 0 Å². The molecule has 2 heterocycles. The number of carbonyl (C=O) groups excluding carboxylic acids is 1. The van der Waals surface area contributed by atoms with E-state index in [9.17, 15) is 4.79 Å². The first-order chi connectivity index (χ1) is 9.99. The molecule has 8 heteroatoms. The third-order valence-corrected chi connectivity index (χ3v) is 3.62. The van der Waals surface area contributed by atoms with E-state index in [0.717, 1.165) is 6.42 Å². The average Bonchev–Trinajstić information content (AvgIpc) is 3.06. The normalized spacial score (nSPS) is 10.9. The number of thiazole rings is 1. The predicted octanol–water partition coefficient (Wildman–Crippen LogP) is 2.04. The number of rotatable bonds is 6. The van der Waals surface area contributed by atoms with Crippen LogP contribution < -0.4 is 5.32 Å². The number of hydrogen-bond donors (Lipinski definition) is 1. The van der Waals surface area contributed by atoms with Gasteiger partial charge in [-0.2, -0.15) is 4.98 Å². The maximum absolute atomic E-state index is 12.2. The smallest absolute Gasteiger partial charge is 0.273 e. The molecular formula is C13H19N5O2S. The molecule has 0 fully saturated rings. The van der Waals surface area contributed by atoms with Gasteiger partial charge in [-0.05, 0) is 5.92 Å². The monoisotopic (exact) mass is 309 g/mol. The zero-order chi connectivity index (χ0) is 15.4. The van der Waals surface area contributed by atoms with E-state index in [-0.39, 0.29) is 5.91 Å². The van der Waals surface area contributed by atoms with Gasteiger partial charge in [0.05, 0.1) is 6.54 Å². The van der Waals surface area contributed by atoms with Crippen LogP contribution in [0, 0.1) is 5.92 Å². The quantitative estimate of drug-likeness (QED) is 0.879. The third kappa shape index (κ3) is 4.01. The van der Waals surface area contributed by atoms with Gasteiger partial charge in [0, 0.05) is 25.9 Å². The maximum Gasteiger partial charge on any atom is 0.273 e. The highest BCUT2D eigenvalue weighted by atomic mass is 32.1. The Morgan fingerprint density at radius 2 is 2.24 bits per heavy atom. The second-order valence-corrected chi connectivity index (χ2v) is 6.01. The lowest BCUT2D eigenvalue weighted by molar-refractivity contribution is 0.0775. The van der Waals surface area contributed by atoms with Crippen molar-refractivity contribution in [2.75, 3.05) is 19.4 Å². The highest BCUT2D eigenvalue weighted by Crippen LogP contribution is 2.16. The first-order valence-electron chi connectivity index (χ1n) is 6.69. The standard InChI is InChI=1S/C13H19N5O2S/c1-8(2)5-11-16-10(17-20-11)6-18(4)12(19)9-7-21-13(14-3)15-9/h7-8H,5-6H2,1-4H3,(H,14,15). The summed E-state index contributed by atoms with van der Waals surface area (Å²) in [6, 6.07) is 0. The summed E-state index contributed by atoms with van der Waals surface area (Å²) in [6.45, 7) is 4.47. The van der Waals surface area contributed by atoms with Crippen LogP contribution in [0.2, 0.25) is 0 Å². The Hall–Kier alpha value is -1.96. The van der Waals surface area contributed by atoms with Crippen molar-refractivity contribution in [3.05, 3.63) is 22.8 Å². The van der Waals surface area contributed by atoms with Crippen molar-refractivity contribution < 1.29 is 9.32 Å². The molecule has 0 saturated heterocycles. The van der Waals surface area contributed by atoms with Gasteiger partial charge in [-0.15, -0.1) is 11.3 Å². The lowest BCUT2D eigenvalue weighted by atomic mass is 10.1. The fourth-order valence-electron chi connectivity index (χ4n) is 1.75. The number of hydrogen-bond acceptors (Lipinski definition) is 7. The number of carbonyl (C=O) groups is 1. The highest BCUT2D eigenvalue weighted by molar-refractivity contribution is 7.13. The second kappa shape index (κ2) is 6.66. The van der Waals surface area contributed by atoms with Crippen LogP contribution in [0.5, 0.6) is 0 Å². The molecule has 1 amide bonds. The molecule has 0 aromatic carbocycles. The van der Waals surface area contributed by atoms with Gasteiger partial charge in [-0.1, -0.05) is 19.0 Å². The minimum Gasteiger partial charge on any atom is -0.365 e. The zero-order valence-electron chi connectivity index (χ0n) is 12.6. The molecule has 0 atom stereocenters. The summed E-state index contributed by atoms with van der Waals surface area (Å²) in [5, 5.41) is 9.25. The molecule has 0 saturated carbocycles. The SMILES string of the molecule is CNc1nc(C(=O)N(C)Cc2noc(CC(C)C)n2)cs1. The first kappa shape index (κ1) is 15.4. The second-order valence-electron chi connectivity index (χ2n) is 5.15. The topological polar surface area (TPSA) is 84.2 Å². The number of nitrogens with zero attached hydrogens (tertiary/aromatic N) is 4. The summed E-state index contributed by atoms with van der Waals surface area (Å²) >= 11 is 1.39. The van der Waals surface area contributed by atoms with Gasteiger partial charge in [-0.25, -0.2) is 4.98 Å². The Balaban J connectivity index is 1.98. The van der Waals surface area contributed by atoms with Crippen LogP contribution in [0.3, 0.4) is 0 Å². The molecule has 114 valence electrons. The van der Waals surface area contributed by atoms with Crippen LogP contribution in [0.4, 0.5) is 5.13 Å². The van der Waals surface area contributed by atoms with E-state index >= 15 is 0 Å². The van der Waals surface area contributed by atoms with Crippen LogP contribution in [-0.4, -0.2) is 40.0 Å². The van der Waals surface area contributed by atoms with E-state index in [2.05, 4.69) is 34.3 Å². The Morgan fingerprint density at radius 1 is 1.48 bits per heavy atom. The fraction of sp³-hybridized carbons (Fsp3) is 0.538. The third-order valence-electron chi connectivity index (χ3n) is 2.76. The van der Waals surface area contributed by atoms with Crippen LogP contribution in [0.1, 0.15) is 36.1 Å². The summed E-state index contributed by atoms with van der Waals surface area (Å²) in [6.07, 6.45) is 0.738. The number of anilines is 1. The molecule has 7 nitrogen and oxygen atoms in total. The van der Waals surface area contributed by atoms with Gasteiger partial charge in [-0.3, -0.25) is 4.79 Å². The van der Waals surface area contributed by atoms with E-state index in [1.165, 1.54) is 16.2 Å². The van der Waals surface area contributed by atoms with Gasteiger partial charge in [0.15, 0.2) is 11.0 Å². The summed E-state index contributed by atoms with van der Waals surface area (Å²) in [4.78, 5) is 22.2. The van der Waals surface area contributed by atoms with Crippen LogP contribution >= 0.6 is 11.3 Å². The van der Waals surface area contributed by atoms with Crippen molar-refractivity contribution in [3.8, 4) is 0 Å². The minimum absolute atomic E-state index is 0.164. The fourth-order valence-corrected chi connectivity index (χ4v) is 2.40. The van der Waals surface area contributed by atoms with E-state index in [0.29, 0.717) is 35.0 Å². The molecule has 2 aromatic rings. The van der Waals surface area contributed by atoms with Crippen LogP contribution in [-0.2, 0) is 13.0 Å². The lowest BCUT2D eigenvalue weighted by Crippen LogP contribution is -2.27. The summed E-state index contributed by atoms with van der Waals surface area (Å²) < 4.78 is 5.16. The Labute approximate surface area is 127 Å². The highest BCUT2D eigenvalue weighted by Gasteiger charge is 2.18. The average molecular weight is 309 g/mol. The molecule has 0 unspecified atom stereocenters. The maximum atomic E-state index is 12.2. The number of nitrogens with one attached hydrogen (secondary N) is 1. The first-order valence-corrected chi connectivity index (χ1v) is 7.57. The molecule has 0 spiro atoms. The molecular weight excluding hydrogens is 290 g/mol. The predicted molar refractivity (Wildman–Crippen MR) is 80.3 cm³/mol. The van der Waals surface area contributed by atoms with E-state index in [1.54, 1.807) is 19.5 Å². The van der Waals surface area contributed by atoms with Gasteiger partial charge >= 0.3 is 0 Å². The van der Waals surface area contributed by atoms with Crippen LogP contribution in [0.25, 0.3) is 0 Å². The van der Waals surface area contributed by atoms with Crippen molar-refractivity contribution in [2.24, 2.45) is 5.92 Å². The van der Waals surface area contributed by atoms with Gasteiger partial charge in [0.1, 0.15) is 5.69 Å². The largest absolute Gasteiger partial charge is 0.365 e. The van der Waals surface area contributed by atoms with E-state index in [1.807, 2.05) is 0 Å². The molecule has 0 aliphatic rings. The summed E-state index contributed by atoms with van der Waals surface area (Å²) in [7, 11) is 3.46. The molecule has 1 N–H and O–H groups in total. The number of amides is 1. The molecule has 2 rings (SSSR count). The molecule has 21 heavy (non-hydrogen) atoms. The Kier molecular flexibility index (Phi) is 4.89. The van der Waals surface area contributed by atoms with Crippen LogP contribution in [0.15, 0.2) is 9.90 Å². The Morgan fingerprint density at radius 3 is 2.86 bits per heavy atom. The van der Waals surface area contributed by atoms with Gasteiger partial charge in [0.25, 0.3) is 5.91 Å². The van der Waals surface area contributed by atoms with Crippen molar-refractivity contribution >= 4 is 22.4 Å². The Bertz CT molecular complexity index is 607. The molecule has 0 radical (unpaired) electrons. The van der Waals surface area contributed by atoms with Crippen molar-refractivity contribution in [3.63, 3.8) is 0 Å². The van der Waals surface area contributed by atoms with Crippen molar-refractivity contribution in [2.45, 2.75) is 26.8 Å². The van der Waals surface area contributed by atoms with Gasteiger partial charge < -0.3 is 14.7 Å². The molecule has 0 bridgehead atoms. The van der Waals surface area contributed by atoms with Crippen molar-refractivity contribution in [1.82, 2.24) is 20.0 Å². The molecule has 0 aliphatic carbocycles. The molecule has 0 aliphatic heterocycles. The van der Waals surface area contributed by atoms with Gasteiger partial charge in [0.2, 0.25) is 5.89 Å².